The fraction of sp³-hybridized carbons (Fsp3) is 0.375. The summed E-state index contributed by atoms with van der Waals surface area (Å²) in [5, 5.41) is 2.41. The lowest BCUT2D eigenvalue weighted by atomic mass is 10.2. The molecule has 0 saturated carbocycles. The molecule has 0 radical (unpaired) electrons. The number of carbonyl (C=O) groups is 1. The second-order valence-electron chi connectivity index (χ2n) is 2.85. The number of carbonyl (C=O) groups excluding carboxylic acids is 1. The Balaban J connectivity index is 2.75. The Morgan fingerprint density at radius 1 is 1.79 bits per heavy atom. The summed E-state index contributed by atoms with van der Waals surface area (Å²) in [6.45, 7) is 0.928. The Bertz CT molecular complexity index is 331. The number of rotatable bonds is 3. The molecule has 1 aromatic heterocycles. The molecule has 0 aliphatic carbocycles. The van der Waals surface area contributed by atoms with Gasteiger partial charge >= 0.3 is 0 Å². The van der Waals surface area contributed by atoms with E-state index in [4.69, 9.17) is 5.73 Å². The number of hydrogen-bond donors (Lipinski definition) is 2. The fourth-order valence-corrected chi connectivity index (χ4v) is 0.854. The van der Waals surface area contributed by atoms with Crippen LogP contribution in [0.5, 0.6) is 0 Å². The molecule has 0 bridgehead atoms. The van der Waals surface area contributed by atoms with Crippen molar-refractivity contribution in [3.63, 3.8) is 0 Å². The number of amides is 1. The first kappa shape index (κ1) is 10.4. The molecule has 1 rings (SSSR count). The summed E-state index contributed by atoms with van der Waals surface area (Å²) in [6, 6.07) is -0.540. The van der Waals surface area contributed by atoms with Crippen molar-refractivity contribution >= 4 is 11.7 Å². The van der Waals surface area contributed by atoms with Gasteiger partial charge in [-0.2, -0.15) is 0 Å². The van der Waals surface area contributed by atoms with E-state index in [9.17, 15) is 9.18 Å². The average Bonchev–Trinajstić information content (AvgIpc) is 2.18. The van der Waals surface area contributed by atoms with Crippen molar-refractivity contribution in [3.8, 4) is 0 Å². The molecular formula is C8H11FN4O. The predicted molar refractivity (Wildman–Crippen MR) is 49.3 cm³/mol. The van der Waals surface area contributed by atoms with E-state index < -0.39 is 18.6 Å². The second kappa shape index (κ2) is 4.50. The zero-order valence-corrected chi connectivity index (χ0v) is 7.70. The van der Waals surface area contributed by atoms with Crippen LogP contribution < -0.4 is 11.1 Å². The number of nitrogens with one attached hydrogen (secondary N) is 1. The Morgan fingerprint density at radius 3 is 3.07 bits per heavy atom. The summed E-state index contributed by atoms with van der Waals surface area (Å²) in [6.07, 6.45) is 2.54. The van der Waals surface area contributed by atoms with Crippen molar-refractivity contribution in [1.29, 1.82) is 0 Å². The molecule has 1 atom stereocenters. The third-order valence-electron chi connectivity index (χ3n) is 1.60. The van der Waals surface area contributed by atoms with Gasteiger partial charge in [0.1, 0.15) is 18.8 Å². The van der Waals surface area contributed by atoms with Gasteiger partial charge in [0.05, 0.1) is 11.6 Å². The highest BCUT2D eigenvalue weighted by atomic mass is 19.1. The summed E-state index contributed by atoms with van der Waals surface area (Å²) < 4.78 is 12.1. The molecule has 3 N–H and O–H groups in total. The van der Waals surface area contributed by atoms with Gasteiger partial charge in [-0.05, 0) is 6.92 Å². The van der Waals surface area contributed by atoms with Crippen LogP contribution in [-0.2, 0) is 0 Å². The van der Waals surface area contributed by atoms with Crippen LogP contribution in [0.15, 0.2) is 12.5 Å². The first-order valence-corrected chi connectivity index (χ1v) is 4.07. The second-order valence-corrected chi connectivity index (χ2v) is 2.85. The minimum atomic E-state index is -0.626. The van der Waals surface area contributed by atoms with Gasteiger partial charge in [0.2, 0.25) is 0 Å². The van der Waals surface area contributed by atoms with Crippen molar-refractivity contribution in [2.75, 3.05) is 12.4 Å². The monoisotopic (exact) mass is 198 g/mol. The van der Waals surface area contributed by atoms with Crippen LogP contribution in [0, 0.1) is 0 Å². The molecule has 5 nitrogen and oxygen atoms in total. The highest BCUT2D eigenvalue weighted by Crippen LogP contribution is 2.04. The zero-order chi connectivity index (χ0) is 10.6. The van der Waals surface area contributed by atoms with Crippen LogP contribution in [0.25, 0.3) is 0 Å². The molecule has 1 amide bonds. The number of anilines is 1. The van der Waals surface area contributed by atoms with Gasteiger partial charge in [-0.25, -0.2) is 14.4 Å². The van der Waals surface area contributed by atoms with Crippen LogP contribution in [-0.4, -0.2) is 28.6 Å². The minimum Gasteiger partial charge on any atom is -0.383 e. The van der Waals surface area contributed by atoms with E-state index in [1.165, 1.54) is 12.5 Å². The van der Waals surface area contributed by atoms with Gasteiger partial charge in [0.15, 0.2) is 0 Å². The molecular weight excluding hydrogens is 187 g/mol. The largest absolute Gasteiger partial charge is 0.383 e. The third-order valence-corrected chi connectivity index (χ3v) is 1.60. The van der Waals surface area contributed by atoms with Gasteiger partial charge in [0.25, 0.3) is 5.91 Å². The number of alkyl halides is 1. The molecule has 0 aliphatic heterocycles. The normalized spacial score (nSPS) is 12.1. The smallest absolute Gasteiger partial charge is 0.256 e. The third kappa shape index (κ3) is 2.38. The van der Waals surface area contributed by atoms with Crippen LogP contribution in [0.2, 0.25) is 0 Å². The topological polar surface area (TPSA) is 80.9 Å². The van der Waals surface area contributed by atoms with Crippen LogP contribution >= 0.6 is 0 Å². The summed E-state index contributed by atoms with van der Waals surface area (Å²) in [5.74, 6) is -0.378. The molecule has 1 heterocycles. The average molecular weight is 198 g/mol. The maximum absolute atomic E-state index is 12.1. The lowest BCUT2D eigenvalue weighted by molar-refractivity contribution is 0.0934. The highest BCUT2D eigenvalue weighted by Gasteiger charge is 2.12. The lowest BCUT2D eigenvalue weighted by Crippen LogP contribution is -2.34. The number of nitrogen functional groups attached to an aromatic ring is 1. The molecule has 76 valence electrons. The molecule has 6 heteroatoms. The molecule has 0 saturated heterocycles. The Kier molecular flexibility index (Phi) is 3.33. The van der Waals surface area contributed by atoms with E-state index in [1.54, 1.807) is 6.92 Å². The van der Waals surface area contributed by atoms with Crippen LogP contribution in [0.3, 0.4) is 0 Å². The van der Waals surface area contributed by atoms with E-state index in [-0.39, 0.29) is 11.4 Å². The summed E-state index contributed by atoms with van der Waals surface area (Å²) in [5.41, 5.74) is 5.59. The zero-order valence-electron chi connectivity index (χ0n) is 7.70. The van der Waals surface area contributed by atoms with E-state index in [0.717, 1.165) is 0 Å². The molecule has 1 unspecified atom stereocenters. The van der Waals surface area contributed by atoms with E-state index >= 15 is 0 Å². The van der Waals surface area contributed by atoms with Crippen LogP contribution in [0.4, 0.5) is 10.2 Å². The van der Waals surface area contributed by atoms with Gasteiger partial charge in [0, 0.05) is 6.20 Å². The van der Waals surface area contributed by atoms with Crippen molar-refractivity contribution in [2.24, 2.45) is 0 Å². The standard InChI is InChI=1S/C8H11FN4O/c1-5(2-9)13-8(14)6-3-11-4-12-7(6)10/h3-5H,2H2,1H3,(H,13,14)(H2,10,11,12). The molecule has 0 spiro atoms. The molecule has 0 aromatic carbocycles. The Hall–Kier alpha value is -1.72. The maximum atomic E-state index is 12.1. The van der Waals surface area contributed by atoms with Gasteiger partial charge in [-0.1, -0.05) is 0 Å². The minimum absolute atomic E-state index is 0.0866. The highest BCUT2D eigenvalue weighted by molar-refractivity contribution is 5.98. The predicted octanol–water partition coefficient (Wildman–Crippen LogP) is 0.147. The Labute approximate surface area is 80.5 Å². The number of aromatic nitrogens is 2. The number of nitrogens with two attached hydrogens (primary N) is 1. The number of hydrogen-bond acceptors (Lipinski definition) is 4. The molecule has 14 heavy (non-hydrogen) atoms. The summed E-state index contributed by atoms with van der Waals surface area (Å²) in [7, 11) is 0. The van der Waals surface area contributed by atoms with Crippen molar-refractivity contribution < 1.29 is 9.18 Å². The molecule has 0 fully saturated rings. The first-order chi connectivity index (χ1) is 6.65. The quantitative estimate of drug-likeness (QED) is 0.724. The van der Waals surface area contributed by atoms with Crippen molar-refractivity contribution in [2.45, 2.75) is 13.0 Å². The van der Waals surface area contributed by atoms with E-state index in [1.807, 2.05) is 0 Å². The van der Waals surface area contributed by atoms with Crippen molar-refractivity contribution in [3.05, 3.63) is 18.1 Å². The van der Waals surface area contributed by atoms with Gasteiger partial charge in [-0.3, -0.25) is 4.79 Å². The fourth-order valence-electron chi connectivity index (χ4n) is 0.854. The number of nitrogens with zero attached hydrogens (tertiary/aromatic N) is 2. The van der Waals surface area contributed by atoms with Gasteiger partial charge in [-0.15, -0.1) is 0 Å². The number of halogens is 1. The van der Waals surface area contributed by atoms with E-state index in [2.05, 4.69) is 15.3 Å². The maximum Gasteiger partial charge on any atom is 0.256 e. The molecule has 1 aromatic rings. The van der Waals surface area contributed by atoms with Crippen LogP contribution in [0.1, 0.15) is 17.3 Å². The Morgan fingerprint density at radius 2 is 2.50 bits per heavy atom. The molecule has 0 aliphatic rings. The summed E-state index contributed by atoms with van der Waals surface area (Å²) >= 11 is 0. The van der Waals surface area contributed by atoms with Crippen molar-refractivity contribution in [1.82, 2.24) is 15.3 Å². The SMILES string of the molecule is CC(CF)NC(=O)c1cncnc1N. The summed E-state index contributed by atoms with van der Waals surface area (Å²) in [4.78, 5) is 18.7. The lowest BCUT2D eigenvalue weighted by Gasteiger charge is -2.09. The van der Waals surface area contributed by atoms with E-state index in [0.29, 0.717) is 0 Å². The first-order valence-electron chi connectivity index (χ1n) is 4.07. The van der Waals surface area contributed by atoms with Gasteiger partial charge < -0.3 is 11.1 Å².